The van der Waals surface area contributed by atoms with Crippen molar-refractivity contribution in [1.82, 2.24) is 20.2 Å². The molecule has 3 N–H and O–H groups in total. The fourth-order valence-electron chi connectivity index (χ4n) is 2.19. The van der Waals surface area contributed by atoms with Crippen molar-refractivity contribution in [3.8, 4) is 11.4 Å². The summed E-state index contributed by atoms with van der Waals surface area (Å²) in [4.78, 5) is 11.9. The largest absolute Gasteiger partial charge is 0.355 e. The highest BCUT2D eigenvalue weighted by atomic mass is 35.5. The Morgan fingerprint density at radius 3 is 2.80 bits per heavy atom. The molecule has 0 aliphatic carbocycles. The number of rotatable bonds is 9. The lowest BCUT2D eigenvalue weighted by molar-refractivity contribution is -0.118. The number of carbonyl (C=O) groups is 1. The van der Waals surface area contributed by atoms with Gasteiger partial charge in [0.2, 0.25) is 11.1 Å². The smallest absolute Gasteiger partial charge is 0.230 e. The second kappa shape index (κ2) is 9.89. The summed E-state index contributed by atoms with van der Waals surface area (Å²) in [5, 5.41) is 12.4. The Bertz CT molecular complexity index is 723. The van der Waals surface area contributed by atoms with Crippen LogP contribution in [0.2, 0.25) is 10.0 Å². The Kier molecular flexibility index (Phi) is 7.87. The van der Waals surface area contributed by atoms with Crippen molar-refractivity contribution in [1.29, 1.82) is 0 Å². The topological polar surface area (TPSA) is 85.8 Å². The molecule has 0 aliphatic rings. The van der Waals surface area contributed by atoms with E-state index in [-0.39, 0.29) is 11.7 Å². The van der Waals surface area contributed by atoms with Gasteiger partial charge in [-0.25, -0.2) is 4.68 Å². The zero-order valence-electron chi connectivity index (χ0n) is 14.0. The molecule has 25 heavy (non-hydrogen) atoms. The monoisotopic (exact) mass is 401 g/mol. The summed E-state index contributed by atoms with van der Waals surface area (Å²) in [6.07, 6.45) is 4.50. The first-order valence-electron chi connectivity index (χ1n) is 8.08. The fraction of sp³-hybridized carbons (Fsp3) is 0.438. The molecule has 0 aliphatic heterocycles. The normalized spacial score (nSPS) is 10.8. The minimum atomic E-state index is -0.0458. The predicted molar refractivity (Wildman–Crippen MR) is 104 cm³/mol. The molecule has 0 saturated heterocycles. The molecule has 0 bridgehead atoms. The van der Waals surface area contributed by atoms with Crippen molar-refractivity contribution in [3.63, 3.8) is 0 Å². The molecule has 1 amide bonds. The van der Waals surface area contributed by atoms with E-state index >= 15 is 0 Å². The third kappa shape index (κ3) is 5.80. The molecule has 0 atom stereocenters. The molecule has 1 aromatic carbocycles. The van der Waals surface area contributed by atoms with Gasteiger partial charge in [-0.05, 0) is 24.6 Å². The Hall–Kier alpha value is -1.44. The molecule has 136 valence electrons. The van der Waals surface area contributed by atoms with Gasteiger partial charge in [0.05, 0.1) is 10.8 Å². The maximum atomic E-state index is 11.9. The first-order chi connectivity index (χ1) is 12.0. The van der Waals surface area contributed by atoms with E-state index in [9.17, 15) is 4.79 Å². The minimum Gasteiger partial charge on any atom is -0.355 e. The van der Waals surface area contributed by atoms with E-state index in [1.807, 2.05) is 0 Å². The van der Waals surface area contributed by atoms with Crippen LogP contribution < -0.4 is 11.2 Å². The van der Waals surface area contributed by atoms with Crippen LogP contribution >= 0.6 is 35.0 Å². The quantitative estimate of drug-likeness (QED) is 0.379. The van der Waals surface area contributed by atoms with Gasteiger partial charge in [0.15, 0.2) is 5.82 Å². The number of hydrogen-bond donors (Lipinski definition) is 2. The molecular formula is C16H21Cl2N5OS. The van der Waals surface area contributed by atoms with Crippen LogP contribution in [0.1, 0.15) is 32.6 Å². The van der Waals surface area contributed by atoms with Crippen LogP contribution in [0.15, 0.2) is 23.4 Å². The first kappa shape index (κ1) is 19.9. The van der Waals surface area contributed by atoms with Gasteiger partial charge >= 0.3 is 0 Å². The number of unbranched alkanes of at least 4 members (excludes halogenated alkanes) is 3. The third-order valence-corrected chi connectivity index (χ3v) is 5.01. The van der Waals surface area contributed by atoms with E-state index in [1.165, 1.54) is 29.3 Å². The van der Waals surface area contributed by atoms with Crippen molar-refractivity contribution >= 4 is 40.9 Å². The van der Waals surface area contributed by atoms with Gasteiger partial charge in [0, 0.05) is 17.1 Å². The number of aromatic nitrogens is 3. The number of amides is 1. The highest BCUT2D eigenvalue weighted by Crippen LogP contribution is 2.30. The molecule has 0 spiro atoms. The first-order valence-corrected chi connectivity index (χ1v) is 9.82. The summed E-state index contributed by atoms with van der Waals surface area (Å²) in [5.74, 6) is 6.64. The van der Waals surface area contributed by atoms with Crippen LogP contribution in [0.4, 0.5) is 0 Å². The molecule has 0 unspecified atom stereocenters. The Morgan fingerprint density at radius 1 is 1.28 bits per heavy atom. The Morgan fingerprint density at radius 2 is 2.08 bits per heavy atom. The van der Waals surface area contributed by atoms with E-state index in [0.717, 1.165) is 12.8 Å². The highest BCUT2D eigenvalue weighted by Gasteiger charge is 2.16. The second-order valence-corrected chi connectivity index (χ2v) is 7.29. The molecule has 2 rings (SSSR count). The molecule has 1 aromatic heterocycles. The standard InChI is InChI=1S/C16H21Cl2N5OS/c1-2-3-4-5-8-20-14(24)10-25-16-22-21-15(23(16)19)12-7-6-11(17)9-13(12)18/h6-7,9H,2-5,8,10,19H2,1H3,(H,20,24). The summed E-state index contributed by atoms with van der Waals surface area (Å²) in [7, 11) is 0. The van der Waals surface area contributed by atoms with Crippen molar-refractivity contribution in [2.45, 2.75) is 37.8 Å². The molecule has 9 heteroatoms. The predicted octanol–water partition coefficient (Wildman–Crippen LogP) is 3.75. The highest BCUT2D eigenvalue weighted by molar-refractivity contribution is 7.99. The molecular weight excluding hydrogens is 381 g/mol. The van der Waals surface area contributed by atoms with E-state index in [1.54, 1.807) is 18.2 Å². The SMILES string of the molecule is CCCCCCNC(=O)CSc1nnc(-c2ccc(Cl)cc2Cl)n1N. The van der Waals surface area contributed by atoms with Gasteiger partial charge in [-0.2, -0.15) is 0 Å². The lowest BCUT2D eigenvalue weighted by Gasteiger charge is -2.06. The summed E-state index contributed by atoms with van der Waals surface area (Å²) >= 11 is 13.3. The van der Waals surface area contributed by atoms with E-state index in [2.05, 4.69) is 22.4 Å². The Balaban J connectivity index is 1.90. The van der Waals surface area contributed by atoms with Crippen LogP contribution in [0.25, 0.3) is 11.4 Å². The maximum Gasteiger partial charge on any atom is 0.230 e. The minimum absolute atomic E-state index is 0.0458. The van der Waals surface area contributed by atoms with E-state index in [4.69, 9.17) is 29.0 Å². The number of carbonyl (C=O) groups excluding carboxylic acids is 1. The van der Waals surface area contributed by atoms with Crippen molar-refractivity contribution in [2.75, 3.05) is 18.1 Å². The van der Waals surface area contributed by atoms with Crippen molar-refractivity contribution in [2.24, 2.45) is 0 Å². The van der Waals surface area contributed by atoms with E-state index < -0.39 is 0 Å². The number of hydrogen-bond acceptors (Lipinski definition) is 5. The number of halogens is 2. The summed E-state index contributed by atoms with van der Waals surface area (Å²) in [6, 6.07) is 5.05. The van der Waals surface area contributed by atoms with Gasteiger partial charge in [0.25, 0.3) is 0 Å². The third-order valence-electron chi connectivity index (χ3n) is 3.52. The summed E-state index contributed by atoms with van der Waals surface area (Å²) in [5.41, 5.74) is 0.633. The van der Waals surface area contributed by atoms with Crippen molar-refractivity contribution in [3.05, 3.63) is 28.2 Å². The summed E-state index contributed by atoms with van der Waals surface area (Å²) < 4.78 is 1.33. The summed E-state index contributed by atoms with van der Waals surface area (Å²) in [6.45, 7) is 2.85. The van der Waals surface area contributed by atoms with Crippen LogP contribution in [-0.2, 0) is 4.79 Å². The number of thioether (sulfide) groups is 1. The molecule has 6 nitrogen and oxygen atoms in total. The maximum absolute atomic E-state index is 11.9. The van der Waals surface area contributed by atoms with E-state index in [0.29, 0.717) is 33.1 Å². The van der Waals surface area contributed by atoms with Crippen molar-refractivity contribution < 1.29 is 4.79 Å². The molecule has 0 saturated carbocycles. The lowest BCUT2D eigenvalue weighted by atomic mass is 10.2. The average Bonchev–Trinajstić information content (AvgIpc) is 2.93. The molecule has 0 radical (unpaired) electrons. The lowest BCUT2D eigenvalue weighted by Crippen LogP contribution is -2.26. The average molecular weight is 402 g/mol. The molecule has 2 aromatic rings. The van der Waals surface area contributed by atoms with Gasteiger partial charge in [-0.3, -0.25) is 4.79 Å². The number of nitrogens with one attached hydrogen (secondary N) is 1. The molecule has 0 fully saturated rings. The van der Waals surface area contributed by atoms with Gasteiger partial charge in [0.1, 0.15) is 0 Å². The zero-order chi connectivity index (χ0) is 18.2. The van der Waals surface area contributed by atoms with Gasteiger partial charge in [-0.15, -0.1) is 10.2 Å². The number of nitrogens with two attached hydrogens (primary N) is 1. The van der Waals surface area contributed by atoms with Crippen LogP contribution in [-0.4, -0.2) is 33.1 Å². The van der Waals surface area contributed by atoms with Gasteiger partial charge in [-0.1, -0.05) is 61.1 Å². The number of benzene rings is 1. The number of nitrogens with zero attached hydrogens (tertiary/aromatic N) is 3. The Labute approximate surface area is 161 Å². The fourth-order valence-corrected chi connectivity index (χ4v) is 3.37. The zero-order valence-corrected chi connectivity index (χ0v) is 16.3. The van der Waals surface area contributed by atoms with Crippen LogP contribution in [0.5, 0.6) is 0 Å². The number of nitrogen functional groups attached to an aromatic ring is 1. The molecule has 1 heterocycles. The second-order valence-electron chi connectivity index (χ2n) is 5.50. The van der Waals surface area contributed by atoms with Gasteiger partial charge < -0.3 is 11.2 Å². The van der Waals surface area contributed by atoms with Crippen LogP contribution in [0, 0.1) is 0 Å². The van der Waals surface area contributed by atoms with Crippen LogP contribution in [0.3, 0.4) is 0 Å².